The molecular formula is C25H23N3. The molecule has 0 heterocycles. The van der Waals surface area contributed by atoms with Crippen LogP contribution in [0.15, 0.2) is 109 Å². The monoisotopic (exact) mass is 365 g/mol. The average Bonchev–Trinajstić information content (AvgIpc) is 2.76. The van der Waals surface area contributed by atoms with Crippen LogP contribution < -0.4 is 15.5 Å². The fourth-order valence-corrected chi connectivity index (χ4v) is 3.36. The van der Waals surface area contributed by atoms with Crippen LogP contribution in [0, 0.1) is 0 Å². The van der Waals surface area contributed by atoms with Gasteiger partial charge in [-0.1, -0.05) is 48.5 Å². The highest BCUT2D eigenvalue weighted by atomic mass is 15.2. The molecule has 0 fully saturated rings. The quantitative estimate of drug-likeness (QED) is 0.409. The first-order chi connectivity index (χ1) is 13.7. The number of hydrogen-bond acceptors (Lipinski definition) is 3. The lowest BCUT2D eigenvalue weighted by Gasteiger charge is -2.31. The molecule has 0 atom stereocenters. The number of nitrogen functional groups attached to an aromatic ring is 1. The second kappa shape index (κ2) is 7.89. The summed E-state index contributed by atoms with van der Waals surface area (Å²) in [5.74, 6) is 0. The van der Waals surface area contributed by atoms with E-state index in [1.807, 2.05) is 24.3 Å². The zero-order chi connectivity index (χ0) is 19.3. The number of hydrogen-bond donors (Lipinski definition) is 1. The summed E-state index contributed by atoms with van der Waals surface area (Å²) in [4.78, 5) is 4.47. The molecule has 0 aliphatic rings. The molecule has 4 aromatic carbocycles. The zero-order valence-corrected chi connectivity index (χ0v) is 15.9. The molecule has 138 valence electrons. The smallest absolute Gasteiger partial charge is 0.0698 e. The summed E-state index contributed by atoms with van der Waals surface area (Å²) in [7, 11) is 2.10. The normalized spacial score (nSPS) is 10.5. The minimum atomic E-state index is 0.756. The Kier molecular flexibility index (Phi) is 4.98. The van der Waals surface area contributed by atoms with Crippen molar-refractivity contribution in [2.45, 2.75) is 0 Å². The highest BCUT2D eigenvalue weighted by molar-refractivity contribution is 5.87. The van der Waals surface area contributed by atoms with E-state index in [9.17, 15) is 0 Å². The summed E-state index contributed by atoms with van der Waals surface area (Å²) in [5.41, 5.74) is 12.2. The first-order valence-electron chi connectivity index (χ1n) is 9.32. The standard InChI is InChI=1S/C25H23N3/c1-27(21-10-4-2-5-11-21)24-14-8-9-15-25(24)28(22-12-6-3-7-13-22)23-18-16-20(26)17-19-23/h2-19H,26H2,1H3. The van der Waals surface area contributed by atoms with E-state index in [2.05, 4.69) is 102 Å². The van der Waals surface area contributed by atoms with Crippen LogP contribution in [-0.4, -0.2) is 7.05 Å². The molecule has 0 amide bonds. The molecule has 0 spiro atoms. The maximum atomic E-state index is 5.93. The number of rotatable bonds is 5. The van der Waals surface area contributed by atoms with Crippen molar-refractivity contribution >= 4 is 34.1 Å². The van der Waals surface area contributed by atoms with E-state index in [0.29, 0.717) is 0 Å². The lowest BCUT2D eigenvalue weighted by atomic mass is 10.1. The second-order valence-corrected chi connectivity index (χ2v) is 6.65. The van der Waals surface area contributed by atoms with Crippen LogP contribution >= 0.6 is 0 Å². The van der Waals surface area contributed by atoms with Gasteiger partial charge in [0.15, 0.2) is 0 Å². The van der Waals surface area contributed by atoms with Crippen LogP contribution in [0.4, 0.5) is 34.1 Å². The minimum Gasteiger partial charge on any atom is -0.399 e. The van der Waals surface area contributed by atoms with E-state index in [4.69, 9.17) is 5.73 Å². The maximum absolute atomic E-state index is 5.93. The molecule has 0 aromatic heterocycles. The van der Waals surface area contributed by atoms with Gasteiger partial charge in [-0.2, -0.15) is 0 Å². The molecule has 4 aromatic rings. The first-order valence-corrected chi connectivity index (χ1v) is 9.32. The third-order valence-corrected chi connectivity index (χ3v) is 4.79. The average molecular weight is 365 g/mol. The first kappa shape index (κ1) is 17.7. The van der Waals surface area contributed by atoms with Crippen LogP contribution in [0.1, 0.15) is 0 Å². The van der Waals surface area contributed by atoms with Crippen molar-refractivity contribution in [2.75, 3.05) is 22.6 Å². The molecule has 4 rings (SSSR count). The van der Waals surface area contributed by atoms with Crippen molar-refractivity contribution in [1.82, 2.24) is 0 Å². The van der Waals surface area contributed by atoms with Gasteiger partial charge in [0.2, 0.25) is 0 Å². The van der Waals surface area contributed by atoms with Crippen molar-refractivity contribution in [3.05, 3.63) is 109 Å². The predicted octanol–water partition coefficient (Wildman–Crippen LogP) is 6.51. The molecule has 2 N–H and O–H groups in total. The number of anilines is 6. The highest BCUT2D eigenvalue weighted by Gasteiger charge is 2.18. The lowest BCUT2D eigenvalue weighted by Crippen LogP contribution is -2.16. The molecule has 0 unspecified atom stereocenters. The van der Waals surface area contributed by atoms with Gasteiger partial charge in [-0.3, -0.25) is 0 Å². The van der Waals surface area contributed by atoms with E-state index in [0.717, 1.165) is 34.1 Å². The Labute approximate surface area is 166 Å². The van der Waals surface area contributed by atoms with Crippen molar-refractivity contribution in [1.29, 1.82) is 0 Å². The van der Waals surface area contributed by atoms with E-state index in [-0.39, 0.29) is 0 Å². The highest BCUT2D eigenvalue weighted by Crippen LogP contribution is 2.41. The summed E-state index contributed by atoms with van der Waals surface area (Å²) < 4.78 is 0. The van der Waals surface area contributed by atoms with Crippen molar-refractivity contribution in [2.24, 2.45) is 0 Å². The second-order valence-electron chi connectivity index (χ2n) is 6.65. The van der Waals surface area contributed by atoms with Crippen LogP contribution in [0.2, 0.25) is 0 Å². The Morgan fingerprint density at radius 3 is 1.57 bits per heavy atom. The van der Waals surface area contributed by atoms with Gasteiger partial charge in [0, 0.05) is 29.8 Å². The van der Waals surface area contributed by atoms with E-state index >= 15 is 0 Å². The van der Waals surface area contributed by atoms with Crippen LogP contribution in [0.3, 0.4) is 0 Å². The largest absolute Gasteiger partial charge is 0.399 e. The summed E-state index contributed by atoms with van der Waals surface area (Å²) in [6.07, 6.45) is 0. The SMILES string of the molecule is CN(c1ccccc1)c1ccccc1N(c1ccccc1)c1ccc(N)cc1. The molecular weight excluding hydrogens is 342 g/mol. The van der Waals surface area contributed by atoms with Crippen LogP contribution in [0.25, 0.3) is 0 Å². The number of benzene rings is 4. The molecule has 0 radical (unpaired) electrons. The summed E-state index contributed by atoms with van der Waals surface area (Å²) in [5, 5.41) is 0. The summed E-state index contributed by atoms with van der Waals surface area (Å²) >= 11 is 0. The van der Waals surface area contributed by atoms with Crippen LogP contribution in [-0.2, 0) is 0 Å². The molecule has 3 nitrogen and oxygen atoms in total. The Balaban J connectivity index is 1.87. The summed E-state index contributed by atoms with van der Waals surface area (Å²) in [6.45, 7) is 0. The Hall–Kier alpha value is -3.72. The molecule has 3 heteroatoms. The van der Waals surface area contributed by atoms with Gasteiger partial charge in [0.25, 0.3) is 0 Å². The van der Waals surface area contributed by atoms with E-state index < -0.39 is 0 Å². The topological polar surface area (TPSA) is 32.5 Å². The fraction of sp³-hybridized carbons (Fsp3) is 0.0400. The Bertz CT molecular complexity index is 1030. The van der Waals surface area contributed by atoms with Crippen molar-refractivity contribution in [3.63, 3.8) is 0 Å². The van der Waals surface area contributed by atoms with Crippen molar-refractivity contribution < 1.29 is 0 Å². The third-order valence-electron chi connectivity index (χ3n) is 4.79. The van der Waals surface area contributed by atoms with Crippen LogP contribution in [0.5, 0.6) is 0 Å². The third kappa shape index (κ3) is 3.55. The van der Waals surface area contributed by atoms with Gasteiger partial charge in [-0.15, -0.1) is 0 Å². The predicted molar refractivity (Wildman–Crippen MR) is 120 cm³/mol. The lowest BCUT2D eigenvalue weighted by molar-refractivity contribution is 1.18. The Morgan fingerprint density at radius 1 is 0.500 bits per heavy atom. The molecule has 0 saturated carbocycles. The zero-order valence-electron chi connectivity index (χ0n) is 15.9. The number of nitrogens with zero attached hydrogens (tertiary/aromatic N) is 2. The van der Waals surface area contributed by atoms with Gasteiger partial charge < -0.3 is 15.5 Å². The van der Waals surface area contributed by atoms with Gasteiger partial charge >= 0.3 is 0 Å². The van der Waals surface area contributed by atoms with Crippen molar-refractivity contribution in [3.8, 4) is 0 Å². The molecule has 0 bridgehead atoms. The van der Waals surface area contributed by atoms with Gasteiger partial charge in [-0.25, -0.2) is 0 Å². The van der Waals surface area contributed by atoms with Gasteiger partial charge in [-0.05, 0) is 60.7 Å². The summed E-state index contributed by atoms with van der Waals surface area (Å²) in [6, 6.07) is 37.2. The molecule has 0 saturated heterocycles. The van der Waals surface area contributed by atoms with Gasteiger partial charge in [0.1, 0.15) is 0 Å². The number of nitrogens with two attached hydrogens (primary N) is 1. The van der Waals surface area contributed by atoms with Gasteiger partial charge in [0.05, 0.1) is 11.4 Å². The number of para-hydroxylation sites is 4. The molecule has 0 aliphatic heterocycles. The minimum absolute atomic E-state index is 0.756. The fourth-order valence-electron chi connectivity index (χ4n) is 3.36. The van der Waals surface area contributed by atoms with E-state index in [1.54, 1.807) is 0 Å². The van der Waals surface area contributed by atoms with E-state index in [1.165, 1.54) is 0 Å². The Morgan fingerprint density at radius 2 is 0.964 bits per heavy atom. The molecule has 0 aliphatic carbocycles. The molecule has 28 heavy (non-hydrogen) atoms. The maximum Gasteiger partial charge on any atom is 0.0698 e.